The second-order valence-corrected chi connectivity index (χ2v) is 9.10. The van der Waals surface area contributed by atoms with Crippen molar-refractivity contribution in [1.82, 2.24) is 4.90 Å². The molecule has 0 heterocycles. The Morgan fingerprint density at radius 1 is 1.04 bits per heavy atom. The van der Waals surface area contributed by atoms with E-state index in [0.717, 1.165) is 16.2 Å². The molecule has 0 unspecified atom stereocenters. The quantitative estimate of drug-likeness (QED) is 0.619. The van der Waals surface area contributed by atoms with Gasteiger partial charge in [0.05, 0.1) is 7.11 Å². The molecule has 0 fully saturated rings. The van der Waals surface area contributed by atoms with Gasteiger partial charge in [-0.15, -0.1) is 11.8 Å². The average Bonchev–Trinajstić information content (AvgIpc) is 2.62. The number of ether oxygens (including phenoxy) is 1. The number of hydrogen-bond donors (Lipinski definition) is 1. The third-order valence-electron chi connectivity index (χ3n) is 3.66. The second kappa shape index (κ2) is 8.95. The molecule has 2 rings (SSSR count). The fraction of sp³-hybridized carbons (Fsp3) is 0.333. The zero-order chi connectivity index (χ0) is 20.0. The van der Waals surface area contributed by atoms with Crippen LogP contribution in [-0.2, 0) is 16.1 Å². The summed E-state index contributed by atoms with van der Waals surface area (Å²) in [5.41, 5.74) is 1.52. The molecule has 5 nitrogen and oxygen atoms in total. The maximum absolute atomic E-state index is 12.3. The molecule has 27 heavy (non-hydrogen) atoms. The van der Waals surface area contributed by atoms with Crippen LogP contribution in [-0.4, -0.2) is 35.6 Å². The molecule has 2 aromatic carbocycles. The van der Waals surface area contributed by atoms with Crippen LogP contribution in [0.1, 0.15) is 26.3 Å². The fourth-order valence-corrected chi connectivity index (χ4v) is 3.37. The van der Waals surface area contributed by atoms with Gasteiger partial charge in [-0.2, -0.15) is 0 Å². The van der Waals surface area contributed by atoms with Crippen LogP contribution in [0, 0.1) is 0 Å². The van der Waals surface area contributed by atoms with Crippen molar-refractivity contribution in [2.24, 2.45) is 0 Å². The lowest BCUT2D eigenvalue weighted by Gasteiger charge is -2.18. The summed E-state index contributed by atoms with van der Waals surface area (Å²) in [7, 11) is 3.21. The lowest BCUT2D eigenvalue weighted by molar-refractivity contribution is -0.142. The Labute approximate surface area is 165 Å². The molecule has 0 radical (unpaired) electrons. The van der Waals surface area contributed by atoms with Gasteiger partial charge < -0.3 is 15.0 Å². The highest BCUT2D eigenvalue weighted by molar-refractivity contribution is 8.00. The Bertz CT molecular complexity index is 781. The van der Waals surface area contributed by atoms with Crippen molar-refractivity contribution in [3.8, 4) is 5.75 Å². The number of rotatable bonds is 5. The minimum absolute atomic E-state index is 0.116. The monoisotopic (exact) mass is 386 g/mol. The first-order chi connectivity index (χ1) is 12.7. The van der Waals surface area contributed by atoms with E-state index in [1.54, 1.807) is 25.9 Å². The molecule has 0 aromatic heterocycles. The number of benzene rings is 2. The van der Waals surface area contributed by atoms with E-state index in [2.05, 4.69) is 26.1 Å². The van der Waals surface area contributed by atoms with Gasteiger partial charge in [0.1, 0.15) is 5.75 Å². The molecular weight excluding hydrogens is 360 g/mol. The van der Waals surface area contributed by atoms with Gasteiger partial charge in [0.2, 0.25) is 0 Å². The van der Waals surface area contributed by atoms with Gasteiger partial charge in [-0.3, -0.25) is 9.59 Å². The smallest absolute Gasteiger partial charge is 0.313 e. The first-order valence-electron chi connectivity index (χ1n) is 8.66. The predicted molar refractivity (Wildman–Crippen MR) is 110 cm³/mol. The van der Waals surface area contributed by atoms with Crippen LogP contribution in [0.15, 0.2) is 53.4 Å². The number of carbonyl (C=O) groups excluding carboxylic acids is 2. The minimum atomic E-state index is -0.651. The molecular formula is C21H26N2O3S. The van der Waals surface area contributed by atoms with Crippen LogP contribution < -0.4 is 10.1 Å². The van der Waals surface area contributed by atoms with Crippen molar-refractivity contribution >= 4 is 29.3 Å². The van der Waals surface area contributed by atoms with E-state index < -0.39 is 11.8 Å². The number of likely N-dealkylation sites (N-methyl/N-ethyl adjacent to an activating group) is 1. The molecule has 0 saturated carbocycles. The van der Waals surface area contributed by atoms with E-state index >= 15 is 0 Å². The molecule has 144 valence electrons. The Morgan fingerprint density at radius 3 is 2.15 bits per heavy atom. The maximum Gasteiger partial charge on any atom is 0.313 e. The molecule has 2 aromatic rings. The molecule has 0 aliphatic carbocycles. The summed E-state index contributed by atoms with van der Waals surface area (Å²) >= 11 is 1.75. The number of carbonyl (C=O) groups is 2. The van der Waals surface area contributed by atoms with Crippen LogP contribution in [0.3, 0.4) is 0 Å². The van der Waals surface area contributed by atoms with E-state index in [0.29, 0.717) is 12.2 Å². The van der Waals surface area contributed by atoms with Crippen LogP contribution >= 0.6 is 11.8 Å². The van der Waals surface area contributed by atoms with E-state index in [4.69, 9.17) is 4.74 Å². The number of amides is 2. The maximum atomic E-state index is 12.3. The standard InChI is InChI=1S/C21H26N2O3S/c1-21(2,3)27-18-12-8-16(9-13-18)22-19(24)20(25)23(4)14-15-6-10-17(26-5)11-7-15/h6-13H,14H2,1-5H3,(H,22,24). The molecule has 6 heteroatoms. The predicted octanol–water partition coefficient (Wildman–Crippen LogP) is 4.18. The molecule has 0 aliphatic rings. The molecule has 0 atom stereocenters. The summed E-state index contributed by atoms with van der Waals surface area (Å²) < 4.78 is 5.23. The fourth-order valence-electron chi connectivity index (χ4n) is 2.39. The number of methoxy groups -OCH3 is 1. The van der Waals surface area contributed by atoms with Gasteiger partial charge in [-0.1, -0.05) is 32.9 Å². The van der Waals surface area contributed by atoms with Crippen molar-refractivity contribution in [1.29, 1.82) is 0 Å². The number of nitrogens with one attached hydrogen (secondary N) is 1. The number of hydrogen-bond acceptors (Lipinski definition) is 4. The highest BCUT2D eigenvalue weighted by atomic mass is 32.2. The van der Waals surface area contributed by atoms with Crippen LogP contribution in [0.4, 0.5) is 5.69 Å². The van der Waals surface area contributed by atoms with E-state index in [1.807, 2.05) is 48.5 Å². The molecule has 0 saturated heterocycles. The van der Waals surface area contributed by atoms with Crippen LogP contribution in [0.5, 0.6) is 5.75 Å². The molecule has 0 spiro atoms. The van der Waals surface area contributed by atoms with Crippen molar-refractivity contribution in [3.05, 3.63) is 54.1 Å². The summed E-state index contributed by atoms with van der Waals surface area (Å²) in [4.78, 5) is 27.0. The summed E-state index contributed by atoms with van der Waals surface area (Å²) in [6.45, 7) is 6.78. The first-order valence-corrected chi connectivity index (χ1v) is 9.48. The number of nitrogens with zero attached hydrogens (tertiary/aromatic N) is 1. The summed E-state index contributed by atoms with van der Waals surface area (Å²) in [6, 6.07) is 14.9. The number of thioether (sulfide) groups is 1. The first kappa shape index (κ1) is 20.8. The van der Waals surface area contributed by atoms with Gasteiger partial charge in [0.15, 0.2) is 0 Å². The summed E-state index contributed by atoms with van der Waals surface area (Å²) in [5.74, 6) is -0.486. The third-order valence-corrected chi connectivity index (χ3v) is 4.78. The SMILES string of the molecule is COc1ccc(CN(C)C(=O)C(=O)Nc2ccc(SC(C)(C)C)cc2)cc1. The Balaban J connectivity index is 1.92. The minimum Gasteiger partial charge on any atom is -0.497 e. The highest BCUT2D eigenvalue weighted by Gasteiger charge is 2.19. The Morgan fingerprint density at radius 2 is 1.63 bits per heavy atom. The second-order valence-electron chi connectivity index (χ2n) is 7.20. The van der Waals surface area contributed by atoms with E-state index in [1.165, 1.54) is 4.90 Å². The largest absolute Gasteiger partial charge is 0.497 e. The normalized spacial score (nSPS) is 11.0. The zero-order valence-corrected chi connectivity index (χ0v) is 17.2. The summed E-state index contributed by atoms with van der Waals surface area (Å²) in [6.07, 6.45) is 0. The molecule has 0 bridgehead atoms. The lowest BCUT2D eigenvalue weighted by Crippen LogP contribution is -2.36. The van der Waals surface area contributed by atoms with Gasteiger partial charge in [-0.25, -0.2) is 0 Å². The van der Waals surface area contributed by atoms with Crippen molar-refractivity contribution in [2.45, 2.75) is 37.0 Å². The van der Waals surface area contributed by atoms with Gasteiger partial charge in [0.25, 0.3) is 0 Å². The third kappa shape index (κ3) is 6.64. The Hall–Kier alpha value is -2.47. The zero-order valence-electron chi connectivity index (χ0n) is 16.4. The average molecular weight is 387 g/mol. The van der Waals surface area contributed by atoms with E-state index in [-0.39, 0.29) is 4.75 Å². The number of anilines is 1. The van der Waals surface area contributed by atoms with Crippen molar-refractivity contribution < 1.29 is 14.3 Å². The van der Waals surface area contributed by atoms with Gasteiger partial charge in [-0.05, 0) is 42.0 Å². The highest BCUT2D eigenvalue weighted by Crippen LogP contribution is 2.32. The molecule has 0 aliphatic heterocycles. The van der Waals surface area contributed by atoms with Gasteiger partial charge in [0, 0.05) is 28.9 Å². The van der Waals surface area contributed by atoms with Crippen LogP contribution in [0.2, 0.25) is 0 Å². The molecule has 1 N–H and O–H groups in total. The van der Waals surface area contributed by atoms with Crippen molar-refractivity contribution in [2.75, 3.05) is 19.5 Å². The lowest BCUT2D eigenvalue weighted by atomic mass is 10.2. The molecule has 2 amide bonds. The Kier molecular flexibility index (Phi) is 6.91. The van der Waals surface area contributed by atoms with E-state index in [9.17, 15) is 9.59 Å². The van der Waals surface area contributed by atoms with Crippen molar-refractivity contribution in [3.63, 3.8) is 0 Å². The van der Waals surface area contributed by atoms with Gasteiger partial charge >= 0.3 is 11.8 Å². The van der Waals surface area contributed by atoms with Crippen LogP contribution in [0.25, 0.3) is 0 Å². The summed E-state index contributed by atoms with van der Waals surface area (Å²) in [5, 5.41) is 2.66. The topological polar surface area (TPSA) is 58.6 Å².